The average molecular weight is 374 g/mol. The fourth-order valence-corrected chi connectivity index (χ4v) is 3.08. The lowest BCUT2D eigenvalue weighted by molar-refractivity contribution is -0.116. The van der Waals surface area contributed by atoms with Crippen LogP contribution in [0, 0.1) is 0 Å². The molecule has 1 heterocycles. The molecule has 25 heavy (non-hydrogen) atoms. The van der Waals surface area contributed by atoms with Gasteiger partial charge in [0, 0.05) is 5.56 Å². The Morgan fingerprint density at radius 3 is 2.80 bits per heavy atom. The van der Waals surface area contributed by atoms with Crippen LogP contribution >= 0.6 is 23.4 Å². The lowest BCUT2D eigenvalue weighted by Crippen LogP contribution is -2.19. The number of benzene rings is 2. The number of carbonyl (C=O) groups excluding carboxylic acids is 1. The summed E-state index contributed by atoms with van der Waals surface area (Å²) >= 11 is 7.21. The van der Waals surface area contributed by atoms with E-state index in [9.17, 15) is 14.7 Å². The summed E-state index contributed by atoms with van der Waals surface area (Å²) < 4.78 is 0. The highest BCUT2D eigenvalue weighted by atomic mass is 35.5. The number of amides is 1. The van der Waals surface area contributed by atoms with Crippen LogP contribution in [-0.2, 0) is 4.79 Å². The van der Waals surface area contributed by atoms with E-state index >= 15 is 0 Å². The SMILES string of the molecule is O=C1CSC(=NN=Cc2ccccc2-c2ccc(Cl)c(C(=O)O)c2)N1. The molecule has 2 N–H and O–H groups in total. The average Bonchev–Trinajstić information content (AvgIpc) is 3.01. The largest absolute Gasteiger partial charge is 0.478 e. The van der Waals surface area contributed by atoms with E-state index in [1.165, 1.54) is 17.8 Å². The van der Waals surface area contributed by atoms with Gasteiger partial charge in [0.05, 0.1) is 22.6 Å². The van der Waals surface area contributed by atoms with Crippen molar-refractivity contribution >= 4 is 46.6 Å². The molecule has 0 aliphatic carbocycles. The van der Waals surface area contributed by atoms with Gasteiger partial charge in [-0.15, -0.1) is 5.10 Å². The van der Waals surface area contributed by atoms with E-state index in [1.54, 1.807) is 18.3 Å². The maximum absolute atomic E-state index is 11.3. The number of nitrogens with one attached hydrogen (secondary N) is 1. The highest BCUT2D eigenvalue weighted by molar-refractivity contribution is 8.15. The minimum atomic E-state index is -1.08. The first kappa shape index (κ1) is 17.2. The lowest BCUT2D eigenvalue weighted by Gasteiger charge is -2.08. The van der Waals surface area contributed by atoms with Crippen molar-refractivity contribution in [1.82, 2.24) is 5.32 Å². The minimum Gasteiger partial charge on any atom is -0.478 e. The molecule has 2 aromatic carbocycles. The van der Waals surface area contributed by atoms with Crippen molar-refractivity contribution in [3.8, 4) is 11.1 Å². The number of amidine groups is 1. The molecule has 126 valence electrons. The van der Waals surface area contributed by atoms with Crippen LogP contribution in [0.3, 0.4) is 0 Å². The smallest absolute Gasteiger partial charge is 0.337 e. The van der Waals surface area contributed by atoms with Gasteiger partial charge in [0.2, 0.25) is 5.91 Å². The Morgan fingerprint density at radius 2 is 2.08 bits per heavy atom. The van der Waals surface area contributed by atoms with E-state index in [4.69, 9.17) is 11.6 Å². The Hall–Kier alpha value is -2.64. The van der Waals surface area contributed by atoms with E-state index in [-0.39, 0.29) is 16.5 Å². The summed E-state index contributed by atoms with van der Waals surface area (Å²) in [7, 11) is 0. The second-order valence-electron chi connectivity index (χ2n) is 5.07. The van der Waals surface area contributed by atoms with E-state index in [2.05, 4.69) is 15.5 Å². The molecule has 1 aliphatic heterocycles. The number of aromatic carboxylic acids is 1. The molecule has 1 saturated heterocycles. The molecule has 6 nitrogen and oxygen atoms in total. The molecule has 0 bridgehead atoms. The molecule has 1 amide bonds. The van der Waals surface area contributed by atoms with Gasteiger partial charge in [-0.25, -0.2) is 4.79 Å². The molecule has 0 aromatic heterocycles. The Morgan fingerprint density at radius 1 is 1.28 bits per heavy atom. The first-order valence-electron chi connectivity index (χ1n) is 7.20. The Bertz CT molecular complexity index is 912. The van der Waals surface area contributed by atoms with E-state index in [0.29, 0.717) is 16.5 Å². The lowest BCUT2D eigenvalue weighted by atomic mass is 9.98. The minimum absolute atomic E-state index is 0.0382. The van der Waals surface area contributed by atoms with Crippen LogP contribution in [0.1, 0.15) is 15.9 Å². The van der Waals surface area contributed by atoms with Gasteiger partial charge in [0.1, 0.15) is 0 Å². The summed E-state index contributed by atoms with van der Waals surface area (Å²) in [6.07, 6.45) is 1.56. The van der Waals surface area contributed by atoms with Gasteiger partial charge < -0.3 is 10.4 Å². The molecule has 0 atom stereocenters. The third-order valence-electron chi connectivity index (χ3n) is 3.40. The van der Waals surface area contributed by atoms with Crippen molar-refractivity contribution in [3.05, 3.63) is 58.6 Å². The van der Waals surface area contributed by atoms with Gasteiger partial charge in [-0.3, -0.25) is 4.79 Å². The van der Waals surface area contributed by atoms with Gasteiger partial charge in [-0.1, -0.05) is 53.7 Å². The molecule has 0 radical (unpaired) electrons. The van der Waals surface area contributed by atoms with Crippen LogP contribution in [0.5, 0.6) is 0 Å². The Kier molecular flexibility index (Phi) is 5.16. The zero-order chi connectivity index (χ0) is 17.8. The quantitative estimate of drug-likeness (QED) is 0.635. The Labute approximate surface area is 152 Å². The molecule has 0 spiro atoms. The first-order chi connectivity index (χ1) is 12.0. The first-order valence-corrected chi connectivity index (χ1v) is 8.57. The fraction of sp³-hybridized carbons (Fsp3) is 0.0588. The number of rotatable bonds is 4. The number of carbonyl (C=O) groups is 2. The normalized spacial score (nSPS) is 15.7. The van der Waals surface area contributed by atoms with Crippen molar-refractivity contribution < 1.29 is 14.7 Å². The fourth-order valence-electron chi connectivity index (χ4n) is 2.25. The zero-order valence-electron chi connectivity index (χ0n) is 12.8. The summed E-state index contributed by atoms with van der Waals surface area (Å²) in [6, 6.07) is 12.2. The van der Waals surface area contributed by atoms with Gasteiger partial charge in [-0.05, 0) is 23.3 Å². The second kappa shape index (κ2) is 7.50. The third kappa shape index (κ3) is 4.07. The van der Waals surface area contributed by atoms with Crippen LogP contribution in [0.25, 0.3) is 11.1 Å². The number of thioether (sulfide) groups is 1. The third-order valence-corrected chi connectivity index (χ3v) is 4.59. The van der Waals surface area contributed by atoms with Gasteiger partial charge in [-0.2, -0.15) is 5.10 Å². The van der Waals surface area contributed by atoms with Gasteiger partial charge in [0.15, 0.2) is 5.17 Å². The topological polar surface area (TPSA) is 91.1 Å². The van der Waals surface area contributed by atoms with Crippen LogP contribution < -0.4 is 5.32 Å². The molecule has 8 heteroatoms. The summed E-state index contributed by atoms with van der Waals surface area (Å²) in [5.74, 6) is -0.839. The molecular formula is C17H12ClN3O3S. The number of carboxylic acid groups (broad SMARTS) is 1. The molecule has 0 unspecified atom stereocenters. The summed E-state index contributed by atoms with van der Waals surface area (Å²) in [4.78, 5) is 22.4. The van der Waals surface area contributed by atoms with Crippen LogP contribution in [0.2, 0.25) is 5.02 Å². The number of carboxylic acids is 1. The molecule has 0 saturated carbocycles. The summed E-state index contributed by atoms with van der Waals surface area (Å²) in [5, 5.41) is 20.4. The standard InChI is InChI=1S/C17H12ClN3O3S/c18-14-6-5-10(7-13(14)16(23)24)12-4-2-1-3-11(12)8-19-21-17-20-15(22)9-25-17/h1-8H,9H2,(H,23,24)(H,20,21,22). The summed E-state index contributed by atoms with van der Waals surface area (Å²) in [6.45, 7) is 0. The highest BCUT2D eigenvalue weighted by Gasteiger charge is 2.16. The second-order valence-corrected chi connectivity index (χ2v) is 6.44. The van der Waals surface area contributed by atoms with Crippen molar-refractivity contribution in [3.63, 3.8) is 0 Å². The molecule has 1 aliphatic rings. The van der Waals surface area contributed by atoms with Crippen molar-refractivity contribution in [2.24, 2.45) is 10.2 Å². The number of nitrogens with zero attached hydrogens (tertiary/aromatic N) is 2. The molecular weight excluding hydrogens is 362 g/mol. The maximum atomic E-state index is 11.3. The number of halogens is 1. The van der Waals surface area contributed by atoms with E-state index in [0.717, 1.165) is 11.1 Å². The van der Waals surface area contributed by atoms with Crippen molar-refractivity contribution in [1.29, 1.82) is 0 Å². The van der Waals surface area contributed by atoms with Gasteiger partial charge in [0.25, 0.3) is 0 Å². The molecule has 1 fully saturated rings. The van der Waals surface area contributed by atoms with E-state index in [1.807, 2.05) is 24.3 Å². The number of hydrogen-bond donors (Lipinski definition) is 2. The predicted molar refractivity (Wildman–Crippen MR) is 99.5 cm³/mol. The molecule has 3 rings (SSSR count). The molecule has 2 aromatic rings. The van der Waals surface area contributed by atoms with Crippen molar-refractivity contribution in [2.75, 3.05) is 5.75 Å². The Balaban J connectivity index is 1.93. The van der Waals surface area contributed by atoms with Crippen molar-refractivity contribution in [2.45, 2.75) is 0 Å². The predicted octanol–water partition coefficient (Wildman–Crippen LogP) is 3.26. The zero-order valence-corrected chi connectivity index (χ0v) is 14.3. The summed E-state index contributed by atoms with van der Waals surface area (Å²) in [5.41, 5.74) is 2.31. The van der Waals surface area contributed by atoms with E-state index < -0.39 is 5.97 Å². The number of hydrogen-bond acceptors (Lipinski definition) is 5. The highest BCUT2D eigenvalue weighted by Crippen LogP contribution is 2.27. The van der Waals surface area contributed by atoms with Crippen LogP contribution in [0.4, 0.5) is 0 Å². The monoisotopic (exact) mass is 373 g/mol. The van der Waals surface area contributed by atoms with Gasteiger partial charge >= 0.3 is 5.97 Å². The van der Waals surface area contributed by atoms with Crippen LogP contribution in [0.15, 0.2) is 52.7 Å². The maximum Gasteiger partial charge on any atom is 0.337 e. The van der Waals surface area contributed by atoms with Crippen LogP contribution in [-0.4, -0.2) is 34.1 Å².